The zero-order chi connectivity index (χ0) is 36.8. The standard InChI is InChI=1S/C43H64N4O4/c1-26(2)30-14-9-15-31(27(3)4)40(30)44-42(48)36-24-46(50,38-20-11-18-34(36)38)22-13-23-47(51)25-37(35-19-12-21-39(35)47)43(49)45-41-32(28(5)6)16-10-17-33(41)29(7)8/h9-10,14-17,26-29,34-39H,11-13,18-25H2,1-8H3,(H,44,48)(H,45,49)/t34-,35-,36-,37-,38-,39-,46+,47+/m0/s1. The molecule has 2 aromatic rings. The van der Waals surface area contributed by atoms with Crippen molar-refractivity contribution < 1.29 is 18.9 Å². The summed E-state index contributed by atoms with van der Waals surface area (Å²) < 4.78 is -0.735. The third kappa shape index (κ3) is 7.27. The van der Waals surface area contributed by atoms with E-state index < -0.39 is 0 Å². The predicted octanol–water partition coefficient (Wildman–Crippen LogP) is 9.37. The maximum Gasteiger partial charge on any atom is 0.233 e. The normalized spacial score (nSPS) is 31.6. The number of quaternary nitrogens is 2. The van der Waals surface area contributed by atoms with Crippen molar-refractivity contribution in [3.8, 4) is 0 Å². The Morgan fingerprint density at radius 3 is 1.25 bits per heavy atom. The minimum Gasteiger partial charge on any atom is -0.633 e. The number of benzene rings is 2. The van der Waals surface area contributed by atoms with Gasteiger partial charge < -0.3 is 30.3 Å². The Balaban J connectivity index is 1.14. The van der Waals surface area contributed by atoms with E-state index in [2.05, 4.69) is 102 Å². The number of hydrogen-bond donors (Lipinski definition) is 2. The smallest absolute Gasteiger partial charge is 0.233 e. The van der Waals surface area contributed by atoms with Crippen molar-refractivity contribution in [1.29, 1.82) is 0 Å². The molecule has 2 saturated heterocycles. The van der Waals surface area contributed by atoms with Crippen molar-refractivity contribution in [2.24, 2.45) is 23.7 Å². The van der Waals surface area contributed by atoms with Crippen molar-refractivity contribution in [2.75, 3.05) is 36.8 Å². The Hall–Kier alpha value is -2.78. The molecule has 280 valence electrons. The van der Waals surface area contributed by atoms with Crippen molar-refractivity contribution in [1.82, 2.24) is 0 Å². The van der Waals surface area contributed by atoms with Gasteiger partial charge in [-0.1, -0.05) is 91.8 Å². The van der Waals surface area contributed by atoms with Crippen LogP contribution in [0.15, 0.2) is 36.4 Å². The van der Waals surface area contributed by atoms with Gasteiger partial charge in [-0.15, -0.1) is 0 Å². The zero-order valence-corrected chi connectivity index (χ0v) is 32.5. The molecule has 4 fully saturated rings. The van der Waals surface area contributed by atoms with Gasteiger partial charge in [-0.3, -0.25) is 9.59 Å². The highest BCUT2D eigenvalue weighted by Crippen LogP contribution is 2.49. The third-order valence-electron chi connectivity index (χ3n) is 13.3. The van der Waals surface area contributed by atoms with Crippen LogP contribution in [0.2, 0.25) is 0 Å². The van der Waals surface area contributed by atoms with Crippen LogP contribution in [-0.2, 0) is 9.59 Å². The molecule has 0 spiro atoms. The van der Waals surface area contributed by atoms with Crippen LogP contribution in [0.1, 0.15) is 146 Å². The van der Waals surface area contributed by atoms with Gasteiger partial charge in [0.2, 0.25) is 11.8 Å². The highest BCUT2D eigenvalue weighted by atomic mass is 16.6. The molecule has 4 aliphatic rings. The summed E-state index contributed by atoms with van der Waals surface area (Å²) in [6.45, 7) is 18.5. The summed E-state index contributed by atoms with van der Waals surface area (Å²) in [5.41, 5.74) is 6.38. The summed E-state index contributed by atoms with van der Waals surface area (Å²) in [6.07, 6.45) is 5.98. The molecule has 0 unspecified atom stereocenters. The van der Waals surface area contributed by atoms with Gasteiger partial charge in [0.05, 0.1) is 50.1 Å². The molecule has 2 aromatic carbocycles. The van der Waals surface area contributed by atoms with Crippen LogP contribution in [0.5, 0.6) is 0 Å². The second-order valence-corrected chi connectivity index (χ2v) is 17.8. The van der Waals surface area contributed by atoms with Gasteiger partial charge in [-0.05, 0) is 71.6 Å². The molecule has 2 N–H and O–H groups in total. The Labute approximate surface area is 307 Å². The SMILES string of the molecule is CC(C)c1cccc(C(C)C)c1NC(=O)[C@H]1C[N@+]([O-])(CCC[N@@+]2([O-])C[C@H](C(=O)Nc3c(C(C)C)cccc3C(C)C)[C@@H]3CCC[C@@H]32)[C@H]2CCC[C@@H]12. The number of nitrogens with one attached hydrogen (secondary N) is 2. The number of rotatable bonds is 12. The van der Waals surface area contributed by atoms with E-state index in [0.29, 0.717) is 19.5 Å². The van der Waals surface area contributed by atoms with E-state index in [1.54, 1.807) is 0 Å². The van der Waals surface area contributed by atoms with Gasteiger partial charge in [0.15, 0.2) is 0 Å². The van der Waals surface area contributed by atoms with Gasteiger partial charge in [0.1, 0.15) is 0 Å². The zero-order valence-electron chi connectivity index (χ0n) is 32.5. The van der Waals surface area contributed by atoms with Crippen LogP contribution in [0, 0.1) is 34.1 Å². The van der Waals surface area contributed by atoms with Crippen LogP contribution >= 0.6 is 0 Å². The van der Waals surface area contributed by atoms with Crippen LogP contribution in [0.4, 0.5) is 11.4 Å². The Morgan fingerprint density at radius 1 is 0.608 bits per heavy atom. The van der Waals surface area contributed by atoms with Crippen molar-refractivity contribution in [3.05, 3.63) is 69.1 Å². The lowest BCUT2D eigenvalue weighted by atomic mass is 9.89. The number of fused-ring (bicyclic) bond motifs is 2. The molecule has 2 saturated carbocycles. The highest BCUT2D eigenvalue weighted by Gasteiger charge is 2.56. The van der Waals surface area contributed by atoms with Gasteiger partial charge in [-0.2, -0.15) is 0 Å². The molecule has 2 aliphatic carbocycles. The van der Waals surface area contributed by atoms with Crippen LogP contribution in [-0.4, -0.2) is 59.4 Å². The summed E-state index contributed by atoms with van der Waals surface area (Å²) in [6, 6.07) is 12.4. The molecule has 6 rings (SSSR count). The molecule has 0 aromatic heterocycles. The number of amides is 2. The van der Waals surface area contributed by atoms with Crippen molar-refractivity contribution in [2.45, 2.75) is 136 Å². The van der Waals surface area contributed by atoms with Crippen molar-refractivity contribution >= 4 is 23.2 Å². The lowest BCUT2D eigenvalue weighted by Crippen LogP contribution is -2.51. The first-order chi connectivity index (χ1) is 24.1. The lowest BCUT2D eigenvalue weighted by Gasteiger charge is -2.47. The quantitative estimate of drug-likeness (QED) is 0.170. The first-order valence-electron chi connectivity index (χ1n) is 20.2. The highest BCUT2D eigenvalue weighted by molar-refractivity contribution is 5.95. The number of likely N-dealkylation sites (tertiary alicyclic amines) is 2. The van der Waals surface area contributed by atoms with Gasteiger partial charge in [-0.25, -0.2) is 0 Å². The maximum absolute atomic E-state index is 14.7. The number of anilines is 2. The molecule has 51 heavy (non-hydrogen) atoms. The van der Waals surface area contributed by atoms with E-state index in [1.165, 1.54) is 0 Å². The van der Waals surface area contributed by atoms with E-state index in [4.69, 9.17) is 0 Å². The second kappa shape index (κ2) is 14.9. The Kier molecular flexibility index (Phi) is 11.1. The van der Waals surface area contributed by atoms with E-state index in [0.717, 1.165) is 72.2 Å². The average Bonchev–Trinajstić information content (AvgIpc) is 3.85. The molecular weight excluding hydrogens is 636 g/mol. The first-order valence-corrected chi connectivity index (χ1v) is 20.2. The Bertz CT molecular complexity index is 1420. The predicted molar refractivity (Wildman–Crippen MR) is 207 cm³/mol. The number of para-hydroxylation sites is 2. The number of carbonyl (C=O) groups excluding carboxylic acids is 2. The molecule has 0 bridgehead atoms. The molecule has 2 amide bonds. The number of hydrogen-bond acceptors (Lipinski definition) is 4. The fourth-order valence-corrected chi connectivity index (χ4v) is 10.8. The van der Waals surface area contributed by atoms with Gasteiger partial charge in [0.25, 0.3) is 0 Å². The van der Waals surface area contributed by atoms with Crippen LogP contribution < -0.4 is 10.6 Å². The molecule has 2 aliphatic heterocycles. The molecule has 0 radical (unpaired) electrons. The maximum atomic E-state index is 14.7. The minimum absolute atomic E-state index is 0.0214. The third-order valence-corrected chi connectivity index (χ3v) is 13.3. The molecular formula is C43H64N4O4. The van der Waals surface area contributed by atoms with E-state index >= 15 is 0 Å². The summed E-state index contributed by atoms with van der Waals surface area (Å²) in [5.74, 6) is 0.531. The molecule has 2 heterocycles. The fourth-order valence-electron chi connectivity index (χ4n) is 10.8. The summed E-state index contributed by atoms with van der Waals surface area (Å²) >= 11 is 0. The molecule has 8 atom stereocenters. The average molecular weight is 701 g/mol. The van der Waals surface area contributed by atoms with Crippen molar-refractivity contribution in [3.63, 3.8) is 0 Å². The van der Waals surface area contributed by atoms with E-state index in [9.17, 15) is 20.0 Å². The summed E-state index contributed by atoms with van der Waals surface area (Å²) in [5, 5.41) is 36.0. The number of carbonyl (C=O) groups is 2. The Morgan fingerprint density at radius 2 is 0.941 bits per heavy atom. The number of hydroxylamine groups is 6. The monoisotopic (exact) mass is 700 g/mol. The van der Waals surface area contributed by atoms with Crippen LogP contribution in [0.3, 0.4) is 0 Å². The van der Waals surface area contributed by atoms with E-state index in [1.807, 2.05) is 0 Å². The largest absolute Gasteiger partial charge is 0.633 e. The lowest BCUT2D eigenvalue weighted by molar-refractivity contribution is -0.913. The molecule has 8 heteroatoms. The van der Waals surface area contributed by atoms with Gasteiger partial charge in [0, 0.05) is 42.5 Å². The summed E-state index contributed by atoms with van der Waals surface area (Å²) in [7, 11) is 0. The van der Waals surface area contributed by atoms with Crippen LogP contribution in [0.25, 0.3) is 0 Å². The second-order valence-electron chi connectivity index (χ2n) is 17.8. The van der Waals surface area contributed by atoms with Gasteiger partial charge >= 0.3 is 0 Å². The summed E-state index contributed by atoms with van der Waals surface area (Å²) in [4.78, 5) is 28.1. The first kappa shape index (κ1) is 38.0. The topological polar surface area (TPSA) is 104 Å². The fraction of sp³-hybridized carbons (Fsp3) is 0.674. The van der Waals surface area contributed by atoms with E-state index in [-0.39, 0.29) is 93.6 Å². The minimum atomic E-state index is -0.367. The number of nitrogens with zero attached hydrogens (tertiary/aromatic N) is 2. The molecule has 8 nitrogen and oxygen atoms in total.